The molecule has 0 aliphatic carbocycles. The second-order valence-corrected chi connectivity index (χ2v) is 7.08. The lowest BCUT2D eigenvalue weighted by molar-refractivity contribution is -0.147. The molecule has 3 rings (SSSR count). The van der Waals surface area contributed by atoms with Crippen LogP contribution >= 0.6 is 15.9 Å². The van der Waals surface area contributed by atoms with Gasteiger partial charge in [-0.15, -0.1) is 0 Å². The number of aryl methyl sites for hydroxylation is 1. The van der Waals surface area contributed by atoms with Crippen LogP contribution in [0.5, 0.6) is 0 Å². The van der Waals surface area contributed by atoms with Crippen LogP contribution in [0, 0.1) is 6.92 Å². The van der Waals surface area contributed by atoms with Crippen molar-refractivity contribution in [1.29, 1.82) is 0 Å². The lowest BCUT2D eigenvalue weighted by Crippen LogP contribution is -2.32. The van der Waals surface area contributed by atoms with Gasteiger partial charge in [-0.3, -0.25) is 24.1 Å². The number of nitrogens with zero attached hydrogens (tertiary/aromatic N) is 1. The molecule has 0 bridgehead atoms. The lowest BCUT2D eigenvalue weighted by atomic mass is 10.1. The Bertz CT molecular complexity index is 938. The Balaban J connectivity index is 1.46. The first-order chi connectivity index (χ1) is 13.4. The number of rotatable bonds is 6. The molecule has 0 saturated carbocycles. The van der Waals surface area contributed by atoms with Crippen molar-refractivity contribution in [2.24, 2.45) is 0 Å². The number of amides is 3. The Morgan fingerprint density at radius 1 is 1.07 bits per heavy atom. The summed E-state index contributed by atoms with van der Waals surface area (Å²) in [5.74, 6) is -2.01. The summed E-state index contributed by atoms with van der Waals surface area (Å²) >= 11 is 3.37. The van der Waals surface area contributed by atoms with Gasteiger partial charge in [0, 0.05) is 16.7 Å². The van der Waals surface area contributed by atoms with Crippen LogP contribution in [0.2, 0.25) is 0 Å². The number of benzene rings is 2. The fourth-order valence-corrected chi connectivity index (χ4v) is 3.03. The molecule has 2 aromatic carbocycles. The lowest BCUT2D eigenvalue weighted by Gasteiger charge is -2.13. The molecule has 28 heavy (non-hydrogen) atoms. The van der Waals surface area contributed by atoms with Crippen molar-refractivity contribution in [2.75, 3.05) is 18.5 Å². The van der Waals surface area contributed by atoms with Gasteiger partial charge < -0.3 is 10.1 Å². The molecule has 144 valence electrons. The molecule has 1 N–H and O–H groups in total. The van der Waals surface area contributed by atoms with Crippen LogP contribution in [-0.4, -0.2) is 41.7 Å². The van der Waals surface area contributed by atoms with Crippen LogP contribution in [0.3, 0.4) is 0 Å². The van der Waals surface area contributed by atoms with Crippen molar-refractivity contribution in [3.05, 3.63) is 63.6 Å². The van der Waals surface area contributed by atoms with E-state index in [0.717, 1.165) is 14.9 Å². The molecule has 0 aromatic heterocycles. The predicted octanol–water partition coefficient (Wildman–Crippen LogP) is 2.93. The van der Waals surface area contributed by atoms with Crippen molar-refractivity contribution in [3.63, 3.8) is 0 Å². The van der Waals surface area contributed by atoms with Gasteiger partial charge in [0.15, 0.2) is 6.61 Å². The largest absolute Gasteiger partial charge is 0.456 e. The number of halogens is 1. The zero-order chi connectivity index (χ0) is 20.3. The van der Waals surface area contributed by atoms with Crippen molar-refractivity contribution in [3.8, 4) is 0 Å². The fraction of sp³-hybridized carbons (Fsp3) is 0.200. The van der Waals surface area contributed by atoms with Gasteiger partial charge in [0.1, 0.15) is 0 Å². The maximum atomic E-state index is 12.2. The molecule has 8 heteroatoms. The molecule has 0 radical (unpaired) electrons. The minimum absolute atomic E-state index is 0.0985. The van der Waals surface area contributed by atoms with E-state index in [-0.39, 0.29) is 13.0 Å². The highest BCUT2D eigenvalue weighted by molar-refractivity contribution is 9.10. The van der Waals surface area contributed by atoms with E-state index in [2.05, 4.69) is 21.2 Å². The highest BCUT2D eigenvalue weighted by Gasteiger charge is 2.35. The van der Waals surface area contributed by atoms with Gasteiger partial charge in [-0.05, 0) is 42.8 Å². The van der Waals surface area contributed by atoms with E-state index >= 15 is 0 Å². The number of fused-ring (bicyclic) bond motifs is 1. The van der Waals surface area contributed by atoms with Crippen molar-refractivity contribution >= 4 is 45.3 Å². The van der Waals surface area contributed by atoms with Crippen LogP contribution in [0.15, 0.2) is 46.9 Å². The van der Waals surface area contributed by atoms with Crippen molar-refractivity contribution in [2.45, 2.75) is 13.3 Å². The molecule has 3 amide bonds. The van der Waals surface area contributed by atoms with Crippen LogP contribution in [-0.2, 0) is 14.3 Å². The molecule has 2 aromatic rings. The molecule has 0 spiro atoms. The number of hydrogen-bond acceptors (Lipinski definition) is 5. The second kappa shape index (κ2) is 8.35. The maximum absolute atomic E-state index is 12.2. The van der Waals surface area contributed by atoms with Gasteiger partial charge in [0.05, 0.1) is 17.5 Å². The molecule has 7 nitrogen and oxygen atoms in total. The Hall–Kier alpha value is -3.00. The Kier molecular flexibility index (Phi) is 5.89. The number of ether oxygens (including phenoxy) is 1. The van der Waals surface area contributed by atoms with E-state index in [1.54, 1.807) is 42.5 Å². The quantitative estimate of drug-likeness (QED) is 0.545. The Morgan fingerprint density at radius 3 is 2.32 bits per heavy atom. The van der Waals surface area contributed by atoms with E-state index in [1.165, 1.54) is 0 Å². The summed E-state index contributed by atoms with van der Waals surface area (Å²) < 4.78 is 5.85. The highest BCUT2D eigenvalue weighted by atomic mass is 79.9. The third-order valence-corrected chi connectivity index (χ3v) is 5.11. The van der Waals surface area contributed by atoms with Crippen LogP contribution in [0.25, 0.3) is 0 Å². The average molecular weight is 445 g/mol. The zero-order valence-electron chi connectivity index (χ0n) is 15.0. The minimum Gasteiger partial charge on any atom is -0.456 e. The average Bonchev–Trinajstić information content (AvgIpc) is 2.92. The molecule has 1 aliphatic heterocycles. The second-order valence-electron chi connectivity index (χ2n) is 6.23. The summed E-state index contributed by atoms with van der Waals surface area (Å²) in [7, 11) is 0. The molecular weight excluding hydrogens is 428 g/mol. The Morgan fingerprint density at radius 2 is 1.71 bits per heavy atom. The molecule has 0 fully saturated rings. The van der Waals surface area contributed by atoms with Gasteiger partial charge >= 0.3 is 5.97 Å². The third kappa shape index (κ3) is 4.28. The topological polar surface area (TPSA) is 92.8 Å². The zero-order valence-corrected chi connectivity index (χ0v) is 16.6. The summed E-state index contributed by atoms with van der Waals surface area (Å²) in [6, 6.07) is 11.8. The first-order valence-corrected chi connectivity index (χ1v) is 9.33. The molecule has 0 unspecified atom stereocenters. The summed E-state index contributed by atoms with van der Waals surface area (Å²) in [5.41, 5.74) is 2.19. The van der Waals surface area contributed by atoms with Gasteiger partial charge in [0.25, 0.3) is 17.7 Å². The normalized spacial score (nSPS) is 12.7. The first-order valence-electron chi connectivity index (χ1n) is 8.53. The number of anilines is 1. The summed E-state index contributed by atoms with van der Waals surface area (Å²) in [5, 5.41) is 2.63. The summed E-state index contributed by atoms with van der Waals surface area (Å²) in [6.07, 6.45) is -0.184. The number of hydrogen-bond donors (Lipinski definition) is 1. The van der Waals surface area contributed by atoms with E-state index < -0.39 is 30.3 Å². The van der Waals surface area contributed by atoms with E-state index in [4.69, 9.17) is 4.74 Å². The molecule has 1 heterocycles. The highest BCUT2D eigenvalue weighted by Crippen LogP contribution is 2.22. The van der Waals surface area contributed by atoms with Crippen molar-refractivity contribution in [1.82, 2.24) is 4.90 Å². The monoisotopic (exact) mass is 444 g/mol. The number of esters is 1. The maximum Gasteiger partial charge on any atom is 0.308 e. The van der Waals surface area contributed by atoms with Gasteiger partial charge in [-0.2, -0.15) is 0 Å². The number of carbonyl (C=O) groups is 4. The van der Waals surface area contributed by atoms with Crippen molar-refractivity contribution < 1.29 is 23.9 Å². The van der Waals surface area contributed by atoms with Crippen LogP contribution in [0.1, 0.15) is 32.7 Å². The number of carbonyl (C=O) groups excluding carboxylic acids is 4. The SMILES string of the molecule is Cc1cc(NC(=O)COC(=O)CCN2C(=O)c3ccccc3C2=O)ccc1Br. The van der Waals surface area contributed by atoms with Gasteiger partial charge in [0.2, 0.25) is 0 Å². The Labute approximate surface area is 169 Å². The molecule has 1 aliphatic rings. The molecular formula is C20H17BrN2O5. The van der Waals surface area contributed by atoms with E-state index in [1.807, 2.05) is 6.92 Å². The van der Waals surface area contributed by atoms with Gasteiger partial charge in [-0.1, -0.05) is 28.1 Å². The number of nitrogens with one attached hydrogen (secondary N) is 1. The van der Waals surface area contributed by atoms with Gasteiger partial charge in [-0.25, -0.2) is 0 Å². The van der Waals surface area contributed by atoms with E-state index in [9.17, 15) is 19.2 Å². The van der Waals surface area contributed by atoms with Crippen LogP contribution in [0.4, 0.5) is 5.69 Å². The minimum atomic E-state index is -0.668. The standard InChI is InChI=1S/C20H17BrN2O5/c1-12-10-13(6-7-16(12)21)22-17(24)11-28-18(25)8-9-23-19(26)14-4-2-3-5-15(14)20(23)27/h2-7,10H,8-9,11H2,1H3,(H,22,24). The van der Waals surface area contributed by atoms with E-state index in [0.29, 0.717) is 16.8 Å². The smallest absolute Gasteiger partial charge is 0.308 e. The number of imide groups is 1. The predicted molar refractivity (Wildman–Crippen MR) is 105 cm³/mol. The summed E-state index contributed by atoms with van der Waals surface area (Å²) in [4.78, 5) is 49.3. The summed E-state index contributed by atoms with van der Waals surface area (Å²) in [6.45, 7) is 1.34. The van der Waals surface area contributed by atoms with Crippen LogP contribution < -0.4 is 5.32 Å². The molecule has 0 atom stereocenters. The molecule has 0 saturated heterocycles. The third-order valence-electron chi connectivity index (χ3n) is 4.22. The fourth-order valence-electron chi connectivity index (χ4n) is 2.78. The first kappa shape index (κ1) is 19.8.